The number of rotatable bonds is 2. The number of nitrogens with two attached hydrogens (primary N) is 1. The summed E-state index contributed by atoms with van der Waals surface area (Å²) in [6, 6.07) is 6.00. The van der Waals surface area contributed by atoms with Crippen molar-refractivity contribution in [2.75, 3.05) is 6.54 Å². The molecule has 0 saturated carbocycles. The molecule has 0 atom stereocenters. The molecule has 0 unspecified atom stereocenters. The van der Waals surface area contributed by atoms with E-state index in [1.54, 1.807) is 12.1 Å². The molecule has 70 valence electrons. The summed E-state index contributed by atoms with van der Waals surface area (Å²) in [5.74, 6) is 5.56. The molecule has 0 bridgehead atoms. The van der Waals surface area contributed by atoms with E-state index >= 15 is 0 Å². The molecular weight excluding hydrogens is 169 g/mol. The Morgan fingerprint density at radius 1 is 1.46 bits per heavy atom. The Bertz CT molecular complexity index is 292. The van der Waals surface area contributed by atoms with Gasteiger partial charge in [0, 0.05) is 12.1 Å². The third kappa shape index (κ3) is 2.52. The van der Waals surface area contributed by atoms with Gasteiger partial charge in [-0.1, -0.05) is 0 Å². The molecule has 0 fully saturated rings. The molecule has 3 nitrogen and oxygen atoms in total. The molecule has 0 heterocycles. The Labute approximate surface area is 76.4 Å². The van der Waals surface area contributed by atoms with E-state index in [2.05, 4.69) is 10.4 Å². The first kappa shape index (κ1) is 9.67. The van der Waals surface area contributed by atoms with Gasteiger partial charge in [0.25, 0.3) is 0 Å². The molecule has 4 heteroatoms. The van der Waals surface area contributed by atoms with Crippen LogP contribution in [-0.2, 0) is 0 Å². The van der Waals surface area contributed by atoms with Crippen LogP contribution in [0.5, 0.6) is 0 Å². The van der Waals surface area contributed by atoms with Crippen molar-refractivity contribution >= 4 is 5.84 Å². The molecule has 0 aromatic heterocycles. The highest BCUT2D eigenvalue weighted by Gasteiger charge is 1.99. The predicted molar refractivity (Wildman–Crippen MR) is 50.8 cm³/mol. The molecule has 0 radical (unpaired) electrons. The minimum absolute atomic E-state index is 0.267. The summed E-state index contributed by atoms with van der Waals surface area (Å²) in [6.07, 6.45) is 0. The summed E-state index contributed by atoms with van der Waals surface area (Å²) in [5, 5.41) is 0. The van der Waals surface area contributed by atoms with Gasteiger partial charge >= 0.3 is 0 Å². The molecular formula is C9H12FN3. The van der Waals surface area contributed by atoms with E-state index in [1.165, 1.54) is 12.1 Å². The van der Waals surface area contributed by atoms with Crippen LogP contribution in [-0.4, -0.2) is 12.4 Å². The fourth-order valence-electron chi connectivity index (χ4n) is 0.986. The highest BCUT2D eigenvalue weighted by Crippen LogP contribution is 2.02. The number of nitrogens with one attached hydrogen (secondary N) is 1. The largest absolute Gasteiger partial charge is 0.308 e. The number of hydrazine groups is 1. The molecule has 1 rings (SSSR count). The van der Waals surface area contributed by atoms with E-state index in [0.717, 1.165) is 5.56 Å². The number of amidine groups is 1. The van der Waals surface area contributed by atoms with Gasteiger partial charge in [0.1, 0.15) is 11.7 Å². The zero-order valence-electron chi connectivity index (χ0n) is 7.42. The van der Waals surface area contributed by atoms with Crippen LogP contribution in [0.1, 0.15) is 12.5 Å². The molecule has 1 aromatic carbocycles. The van der Waals surface area contributed by atoms with Crippen LogP contribution in [0, 0.1) is 5.82 Å². The van der Waals surface area contributed by atoms with E-state index in [1.807, 2.05) is 6.92 Å². The summed E-state index contributed by atoms with van der Waals surface area (Å²) in [6.45, 7) is 2.54. The van der Waals surface area contributed by atoms with Gasteiger partial charge in [0.15, 0.2) is 0 Å². The van der Waals surface area contributed by atoms with Gasteiger partial charge in [-0.25, -0.2) is 10.2 Å². The van der Waals surface area contributed by atoms with E-state index in [9.17, 15) is 4.39 Å². The molecule has 0 amide bonds. The van der Waals surface area contributed by atoms with Crippen molar-refractivity contribution < 1.29 is 4.39 Å². The molecule has 0 spiro atoms. The Hall–Kier alpha value is -1.42. The van der Waals surface area contributed by atoms with Crippen LogP contribution in [0.25, 0.3) is 0 Å². The van der Waals surface area contributed by atoms with Crippen molar-refractivity contribution in [3.63, 3.8) is 0 Å². The average Bonchev–Trinajstić information content (AvgIpc) is 2.16. The lowest BCUT2D eigenvalue weighted by Crippen LogP contribution is -2.31. The second kappa shape index (κ2) is 4.57. The Kier molecular flexibility index (Phi) is 3.40. The van der Waals surface area contributed by atoms with Crippen LogP contribution in [0.2, 0.25) is 0 Å². The number of halogens is 1. The first-order valence-corrected chi connectivity index (χ1v) is 4.05. The van der Waals surface area contributed by atoms with Gasteiger partial charge in [0.2, 0.25) is 0 Å². The van der Waals surface area contributed by atoms with Crippen molar-refractivity contribution in [3.05, 3.63) is 35.6 Å². The van der Waals surface area contributed by atoms with Crippen molar-refractivity contribution in [3.8, 4) is 0 Å². The maximum absolute atomic E-state index is 12.5. The maximum atomic E-state index is 12.5. The molecule has 0 aliphatic rings. The lowest BCUT2D eigenvalue weighted by Gasteiger charge is -2.04. The van der Waals surface area contributed by atoms with Gasteiger partial charge in [-0.3, -0.25) is 4.99 Å². The normalized spacial score (nSPS) is 11.5. The van der Waals surface area contributed by atoms with Gasteiger partial charge in [0.05, 0.1) is 0 Å². The Balaban J connectivity index is 2.92. The second-order valence-corrected chi connectivity index (χ2v) is 2.47. The van der Waals surface area contributed by atoms with E-state index in [0.29, 0.717) is 12.4 Å². The highest BCUT2D eigenvalue weighted by atomic mass is 19.1. The molecule has 0 aliphatic carbocycles. The van der Waals surface area contributed by atoms with Gasteiger partial charge < -0.3 is 5.43 Å². The number of hydrogen-bond donors (Lipinski definition) is 2. The zero-order valence-corrected chi connectivity index (χ0v) is 7.42. The van der Waals surface area contributed by atoms with E-state index < -0.39 is 0 Å². The van der Waals surface area contributed by atoms with Crippen LogP contribution in [0.4, 0.5) is 4.39 Å². The van der Waals surface area contributed by atoms with Crippen molar-refractivity contribution in [2.45, 2.75) is 6.92 Å². The monoisotopic (exact) mass is 181 g/mol. The first-order chi connectivity index (χ1) is 6.27. The molecule has 13 heavy (non-hydrogen) atoms. The highest BCUT2D eigenvalue weighted by molar-refractivity contribution is 5.98. The molecule has 0 aliphatic heterocycles. The smallest absolute Gasteiger partial charge is 0.142 e. The molecule has 3 N–H and O–H groups in total. The van der Waals surface area contributed by atoms with Crippen LogP contribution in [0.3, 0.4) is 0 Å². The van der Waals surface area contributed by atoms with Gasteiger partial charge in [-0.15, -0.1) is 0 Å². The summed E-state index contributed by atoms with van der Waals surface area (Å²) < 4.78 is 12.5. The van der Waals surface area contributed by atoms with E-state index in [-0.39, 0.29) is 5.82 Å². The summed E-state index contributed by atoms with van der Waals surface area (Å²) in [7, 11) is 0. The lowest BCUT2D eigenvalue weighted by atomic mass is 10.2. The van der Waals surface area contributed by atoms with Crippen LogP contribution < -0.4 is 11.3 Å². The Morgan fingerprint density at radius 3 is 2.54 bits per heavy atom. The Morgan fingerprint density at radius 2 is 2.08 bits per heavy atom. The SMILES string of the molecule is CCN=C(NN)c1ccc(F)cc1. The number of hydrogen-bond acceptors (Lipinski definition) is 2. The van der Waals surface area contributed by atoms with Gasteiger partial charge in [-0.2, -0.15) is 0 Å². The predicted octanol–water partition coefficient (Wildman–Crippen LogP) is 1.06. The lowest BCUT2D eigenvalue weighted by molar-refractivity contribution is 0.627. The van der Waals surface area contributed by atoms with Crippen molar-refractivity contribution in [1.29, 1.82) is 0 Å². The van der Waals surface area contributed by atoms with Crippen LogP contribution in [0.15, 0.2) is 29.3 Å². The standard InChI is InChI=1S/C9H12FN3/c1-2-12-9(13-11)7-3-5-8(10)6-4-7/h3-6H,2,11H2,1H3,(H,12,13). The van der Waals surface area contributed by atoms with E-state index in [4.69, 9.17) is 5.84 Å². The fourth-order valence-corrected chi connectivity index (χ4v) is 0.986. The minimum Gasteiger partial charge on any atom is -0.308 e. The van der Waals surface area contributed by atoms with Gasteiger partial charge in [-0.05, 0) is 31.2 Å². The average molecular weight is 181 g/mol. The number of aliphatic imine (C=N–C) groups is 1. The summed E-state index contributed by atoms with van der Waals surface area (Å²) >= 11 is 0. The maximum Gasteiger partial charge on any atom is 0.142 e. The zero-order chi connectivity index (χ0) is 9.68. The minimum atomic E-state index is -0.267. The molecule has 1 aromatic rings. The molecule has 0 saturated heterocycles. The summed E-state index contributed by atoms with van der Waals surface area (Å²) in [4.78, 5) is 4.10. The summed E-state index contributed by atoms with van der Waals surface area (Å²) in [5.41, 5.74) is 3.25. The second-order valence-electron chi connectivity index (χ2n) is 2.47. The first-order valence-electron chi connectivity index (χ1n) is 4.05. The topological polar surface area (TPSA) is 50.4 Å². The third-order valence-corrected chi connectivity index (χ3v) is 1.57. The third-order valence-electron chi connectivity index (χ3n) is 1.57. The fraction of sp³-hybridized carbons (Fsp3) is 0.222. The number of nitrogens with zero attached hydrogens (tertiary/aromatic N) is 1. The quantitative estimate of drug-likeness (QED) is 0.310. The van der Waals surface area contributed by atoms with Crippen molar-refractivity contribution in [2.24, 2.45) is 10.8 Å². The van der Waals surface area contributed by atoms with Crippen molar-refractivity contribution in [1.82, 2.24) is 5.43 Å². The number of benzene rings is 1. The van der Waals surface area contributed by atoms with Crippen LogP contribution >= 0.6 is 0 Å².